The molecule has 2 aromatic rings. The summed E-state index contributed by atoms with van der Waals surface area (Å²) in [7, 11) is 0. The van der Waals surface area contributed by atoms with Crippen molar-refractivity contribution in [3.8, 4) is 0 Å². The molecule has 0 N–H and O–H groups in total. The average molecular weight is 395 g/mol. The molecule has 29 heavy (non-hydrogen) atoms. The first-order valence-electron chi connectivity index (χ1n) is 11.4. The summed E-state index contributed by atoms with van der Waals surface area (Å²) < 4.78 is 0. The molecule has 0 aliphatic heterocycles. The van der Waals surface area contributed by atoms with Gasteiger partial charge < -0.3 is 0 Å². The van der Waals surface area contributed by atoms with Crippen molar-refractivity contribution < 1.29 is 0 Å². The van der Waals surface area contributed by atoms with E-state index in [1.165, 1.54) is 35.1 Å². The fourth-order valence-electron chi connectivity index (χ4n) is 3.59. The molecule has 162 valence electrons. The quantitative estimate of drug-likeness (QED) is 0.476. The predicted octanol–water partition coefficient (Wildman–Crippen LogP) is 8.66. The summed E-state index contributed by atoms with van der Waals surface area (Å²) in [5, 5.41) is 0. The second kappa shape index (κ2) is 11.0. The van der Waals surface area contributed by atoms with Crippen molar-refractivity contribution in [2.24, 2.45) is 17.3 Å². The molecule has 0 heteroatoms. The van der Waals surface area contributed by atoms with Crippen molar-refractivity contribution in [3.05, 3.63) is 70.8 Å². The Hall–Kier alpha value is -1.56. The summed E-state index contributed by atoms with van der Waals surface area (Å²) in [5.74, 6) is 1.51. The van der Waals surface area contributed by atoms with Crippen LogP contribution in [0.25, 0.3) is 0 Å². The topological polar surface area (TPSA) is 0 Å². The van der Waals surface area contributed by atoms with E-state index in [1.54, 1.807) is 0 Å². The Labute approximate surface area is 182 Å². The summed E-state index contributed by atoms with van der Waals surface area (Å²) in [6.07, 6.45) is 3.55. The van der Waals surface area contributed by atoms with E-state index in [0.717, 1.165) is 18.3 Å². The average Bonchev–Trinajstić information content (AvgIpc) is 2.52. The molecule has 0 unspecified atom stereocenters. The van der Waals surface area contributed by atoms with Gasteiger partial charge in [-0.1, -0.05) is 118 Å². The highest BCUT2D eigenvalue weighted by atomic mass is 14.2. The van der Waals surface area contributed by atoms with Gasteiger partial charge in [0.1, 0.15) is 0 Å². The lowest BCUT2D eigenvalue weighted by Crippen LogP contribution is -2.13. The lowest BCUT2D eigenvalue weighted by Gasteiger charge is -2.22. The van der Waals surface area contributed by atoms with Gasteiger partial charge in [0.15, 0.2) is 0 Å². The molecular weight excluding hydrogens is 348 g/mol. The molecule has 0 atom stereocenters. The van der Waals surface area contributed by atoms with Crippen molar-refractivity contribution in [1.29, 1.82) is 0 Å². The molecule has 0 aliphatic rings. The molecule has 2 rings (SSSR count). The minimum Gasteiger partial charge on any atom is -0.0625 e. The maximum atomic E-state index is 2.36. The summed E-state index contributed by atoms with van der Waals surface area (Å²) in [6.45, 7) is 22.8. The van der Waals surface area contributed by atoms with Gasteiger partial charge in [-0.2, -0.15) is 0 Å². The summed E-state index contributed by atoms with van der Waals surface area (Å²) in [4.78, 5) is 0. The molecule has 0 radical (unpaired) electrons. The number of benzene rings is 2. The SMILES string of the molecule is CC(C)(C)Cc1cccc(C(C)(C)C)c1.CC(C)Cc1cccc(CC(C)C)c1. The first-order valence-corrected chi connectivity index (χ1v) is 11.4. The third-order valence-electron chi connectivity index (χ3n) is 4.81. The lowest BCUT2D eigenvalue weighted by molar-refractivity contribution is 0.410. The monoisotopic (exact) mass is 394 g/mol. The Kier molecular flexibility index (Phi) is 9.66. The fraction of sp³-hybridized carbons (Fsp3) is 0.586. The Balaban J connectivity index is 0.000000291. The van der Waals surface area contributed by atoms with E-state index in [-0.39, 0.29) is 5.41 Å². The van der Waals surface area contributed by atoms with Crippen LogP contribution in [-0.2, 0) is 24.7 Å². The zero-order valence-electron chi connectivity index (χ0n) is 20.9. The van der Waals surface area contributed by atoms with Crippen molar-refractivity contribution in [2.45, 2.75) is 93.9 Å². The summed E-state index contributed by atoms with van der Waals surface area (Å²) >= 11 is 0. The van der Waals surface area contributed by atoms with E-state index in [9.17, 15) is 0 Å². The fourth-order valence-corrected chi connectivity index (χ4v) is 3.59. The van der Waals surface area contributed by atoms with E-state index in [2.05, 4.69) is 118 Å². The van der Waals surface area contributed by atoms with Crippen molar-refractivity contribution >= 4 is 0 Å². The summed E-state index contributed by atoms with van der Waals surface area (Å²) in [5.41, 5.74) is 6.49. The number of rotatable bonds is 5. The van der Waals surface area contributed by atoms with E-state index < -0.39 is 0 Å². The zero-order valence-corrected chi connectivity index (χ0v) is 20.9. The molecular formula is C29H46. The van der Waals surface area contributed by atoms with E-state index in [4.69, 9.17) is 0 Å². The van der Waals surface area contributed by atoms with Gasteiger partial charge >= 0.3 is 0 Å². The molecule has 0 aromatic heterocycles. The maximum Gasteiger partial charge on any atom is -0.0132 e. The van der Waals surface area contributed by atoms with Crippen LogP contribution < -0.4 is 0 Å². The van der Waals surface area contributed by atoms with Gasteiger partial charge in [-0.05, 0) is 64.2 Å². The second-order valence-corrected chi connectivity index (χ2v) is 11.7. The third kappa shape index (κ3) is 11.3. The van der Waals surface area contributed by atoms with Crippen LogP contribution in [0.1, 0.15) is 91.5 Å². The second-order valence-electron chi connectivity index (χ2n) is 11.7. The van der Waals surface area contributed by atoms with E-state index in [1.807, 2.05) is 0 Å². The number of hydrogen-bond donors (Lipinski definition) is 0. The molecule has 0 nitrogen and oxygen atoms in total. The zero-order chi connectivity index (χ0) is 22.2. The predicted molar refractivity (Wildman–Crippen MR) is 132 cm³/mol. The van der Waals surface area contributed by atoms with Gasteiger partial charge in [0.25, 0.3) is 0 Å². The van der Waals surface area contributed by atoms with Crippen LogP contribution in [0.15, 0.2) is 48.5 Å². The first kappa shape index (κ1) is 25.5. The van der Waals surface area contributed by atoms with Crippen LogP contribution in [0.5, 0.6) is 0 Å². The molecule has 0 spiro atoms. The van der Waals surface area contributed by atoms with Crippen molar-refractivity contribution in [2.75, 3.05) is 0 Å². The standard InChI is InChI=1S/C15H24.C14H22/c1-14(2,3)11-12-8-7-9-13(10-12)15(4,5)6;1-11(2)8-13-6-5-7-14(10-13)9-12(3)4/h7-10H,11H2,1-6H3;5-7,10-12H,8-9H2,1-4H3. The highest BCUT2D eigenvalue weighted by molar-refractivity contribution is 5.29. The van der Waals surface area contributed by atoms with Crippen molar-refractivity contribution in [3.63, 3.8) is 0 Å². The van der Waals surface area contributed by atoms with Crippen LogP contribution in [0.2, 0.25) is 0 Å². The molecule has 0 saturated carbocycles. The highest BCUT2D eigenvalue weighted by Gasteiger charge is 2.16. The van der Waals surface area contributed by atoms with Crippen LogP contribution in [0.3, 0.4) is 0 Å². The lowest BCUT2D eigenvalue weighted by atomic mass is 9.83. The Morgan fingerprint density at radius 1 is 0.621 bits per heavy atom. The summed E-state index contributed by atoms with van der Waals surface area (Å²) in [6, 6.07) is 18.0. The van der Waals surface area contributed by atoms with Crippen LogP contribution in [-0.4, -0.2) is 0 Å². The molecule has 0 heterocycles. The smallest absolute Gasteiger partial charge is 0.0132 e. The molecule has 0 amide bonds. The van der Waals surface area contributed by atoms with Gasteiger partial charge in [0.05, 0.1) is 0 Å². The van der Waals surface area contributed by atoms with Gasteiger partial charge in [-0.3, -0.25) is 0 Å². The van der Waals surface area contributed by atoms with Crippen LogP contribution in [0, 0.1) is 17.3 Å². The third-order valence-corrected chi connectivity index (χ3v) is 4.81. The van der Waals surface area contributed by atoms with E-state index >= 15 is 0 Å². The van der Waals surface area contributed by atoms with Crippen LogP contribution >= 0.6 is 0 Å². The van der Waals surface area contributed by atoms with E-state index in [0.29, 0.717) is 5.41 Å². The first-order chi connectivity index (χ1) is 13.3. The highest BCUT2D eigenvalue weighted by Crippen LogP contribution is 2.26. The number of hydrogen-bond acceptors (Lipinski definition) is 0. The van der Waals surface area contributed by atoms with Gasteiger partial charge in [-0.15, -0.1) is 0 Å². The molecule has 0 aliphatic carbocycles. The van der Waals surface area contributed by atoms with Gasteiger partial charge in [-0.25, -0.2) is 0 Å². The minimum absolute atomic E-state index is 0.258. The Morgan fingerprint density at radius 3 is 1.48 bits per heavy atom. The normalized spacial score (nSPS) is 12.1. The molecule has 2 aromatic carbocycles. The van der Waals surface area contributed by atoms with Crippen LogP contribution in [0.4, 0.5) is 0 Å². The molecule has 0 fully saturated rings. The Morgan fingerprint density at radius 2 is 1.07 bits per heavy atom. The van der Waals surface area contributed by atoms with Crippen molar-refractivity contribution in [1.82, 2.24) is 0 Å². The van der Waals surface area contributed by atoms with Gasteiger partial charge in [0, 0.05) is 0 Å². The Bertz CT molecular complexity index is 695. The minimum atomic E-state index is 0.258. The molecule has 0 saturated heterocycles. The molecule has 0 bridgehead atoms. The largest absolute Gasteiger partial charge is 0.0625 e. The maximum absolute atomic E-state index is 2.36. The van der Waals surface area contributed by atoms with Gasteiger partial charge in [0.2, 0.25) is 0 Å².